The first-order valence-corrected chi connectivity index (χ1v) is 11.1. The van der Waals surface area contributed by atoms with Crippen molar-refractivity contribution in [3.05, 3.63) is 107 Å². The number of nitrogens with zero attached hydrogens (tertiary/aromatic N) is 3. The van der Waals surface area contributed by atoms with Gasteiger partial charge in [-0.2, -0.15) is 4.73 Å². The molecule has 0 radical (unpaired) electrons. The van der Waals surface area contributed by atoms with Crippen molar-refractivity contribution in [1.82, 2.24) is 9.71 Å². The number of rotatable bonds is 5. The molecule has 1 aliphatic heterocycles. The number of aromatic nitrogens is 2. The lowest BCUT2D eigenvalue weighted by molar-refractivity contribution is 0.122. The zero-order valence-electron chi connectivity index (χ0n) is 18.2. The number of anilines is 1. The van der Waals surface area contributed by atoms with Gasteiger partial charge >= 0.3 is 5.56 Å². The van der Waals surface area contributed by atoms with Crippen LogP contribution in [0.2, 0.25) is 0 Å². The molecule has 0 aliphatic carbocycles. The van der Waals surface area contributed by atoms with Gasteiger partial charge in [-0.05, 0) is 28.8 Å². The van der Waals surface area contributed by atoms with Gasteiger partial charge in [0.1, 0.15) is 5.69 Å². The molecule has 1 N–H and O–H groups in total. The predicted octanol–water partition coefficient (Wildman–Crippen LogP) is 4.24. The quantitative estimate of drug-likeness (QED) is 0.471. The van der Waals surface area contributed by atoms with E-state index in [1.165, 1.54) is 6.20 Å². The summed E-state index contributed by atoms with van der Waals surface area (Å²) >= 11 is 0. The first-order valence-electron chi connectivity index (χ1n) is 11.1. The van der Waals surface area contributed by atoms with E-state index < -0.39 is 5.56 Å². The zero-order valence-corrected chi connectivity index (χ0v) is 18.2. The minimum absolute atomic E-state index is 0.305. The van der Waals surface area contributed by atoms with Crippen molar-refractivity contribution < 1.29 is 9.94 Å². The third-order valence-electron chi connectivity index (χ3n) is 5.93. The van der Waals surface area contributed by atoms with E-state index in [0.717, 1.165) is 54.2 Å². The van der Waals surface area contributed by atoms with Crippen LogP contribution in [0.25, 0.3) is 22.4 Å². The van der Waals surface area contributed by atoms with Crippen molar-refractivity contribution in [2.75, 3.05) is 31.2 Å². The normalized spacial score (nSPS) is 13.8. The van der Waals surface area contributed by atoms with Crippen LogP contribution in [-0.2, 0) is 11.2 Å². The highest BCUT2D eigenvalue weighted by Crippen LogP contribution is 2.23. The molecule has 6 heteroatoms. The van der Waals surface area contributed by atoms with Gasteiger partial charge < -0.3 is 14.8 Å². The zero-order chi connectivity index (χ0) is 22.6. The van der Waals surface area contributed by atoms with E-state index >= 15 is 0 Å². The molecule has 4 aromatic rings. The summed E-state index contributed by atoms with van der Waals surface area (Å²) in [5, 5.41) is 10.2. The van der Waals surface area contributed by atoms with E-state index in [9.17, 15) is 10.0 Å². The Bertz CT molecular complexity index is 1280. The molecule has 0 atom stereocenters. The van der Waals surface area contributed by atoms with Crippen molar-refractivity contribution in [2.24, 2.45) is 0 Å². The molecular formula is C27H25N3O3. The number of hydrogen-bond acceptors (Lipinski definition) is 5. The van der Waals surface area contributed by atoms with Crippen LogP contribution in [0.4, 0.5) is 5.69 Å². The number of morpholine rings is 1. The van der Waals surface area contributed by atoms with Crippen LogP contribution in [0.1, 0.15) is 11.3 Å². The fourth-order valence-electron chi connectivity index (χ4n) is 4.09. The topological polar surface area (TPSA) is 67.6 Å². The maximum atomic E-state index is 12.5. The first-order chi connectivity index (χ1) is 16.2. The van der Waals surface area contributed by atoms with Crippen molar-refractivity contribution >= 4 is 5.69 Å². The fraction of sp³-hybridized carbons (Fsp3) is 0.185. The lowest BCUT2D eigenvalue weighted by Gasteiger charge is -2.28. The molecule has 166 valence electrons. The Hall–Kier alpha value is -3.90. The highest BCUT2D eigenvalue weighted by atomic mass is 16.5. The van der Waals surface area contributed by atoms with Gasteiger partial charge in [-0.3, -0.25) is 4.79 Å². The largest absolute Gasteiger partial charge is 0.425 e. The molecule has 3 aromatic carbocycles. The standard InChI is InChI=1S/C27H25N3O3/c31-27-25(18-20-6-8-22(9-7-20)21-4-2-1-3-5-21)28-26(19-30(27)32)23-10-12-24(13-11-23)29-14-16-33-17-15-29/h1-13,19,32H,14-18H2. The van der Waals surface area contributed by atoms with Gasteiger partial charge in [0.15, 0.2) is 0 Å². The smallest absolute Gasteiger partial charge is 0.304 e. The molecule has 1 aliphatic rings. The van der Waals surface area contributed by atoms with Gasteiger partial charge in [-0.1, -0.05) is 66.7 Å². The Morgan fingerprint density at radius 2 is 1.45 bits per heavy atom. The fourth-order valence-corrected chi connectivity index (χ4v) is 4.09. The predicted molar refractivity (Wildman–Crippen MR) is 129 cm³/mol. The summed E-state index contributed by atoms with van der Waals surface area (Å²) in [6.45, 7) is 3.20. The monoisotopic (exact) mass is 439 g/mol. The molecule has 1 fully saturated rings. The summed E-state index contributed by atoms with van der Waals surface area (Å²) in [5.41, 5.74) is 5.54. The summed E-state index contributed by atoms with van der Waals surface area (Å²) in [7, 11) is 0. The molecule has 1 saturated heterocycles. The second kappa shape index (κ2) is 9.30. The number of benzene rings is 3. The van der Waals surface area contributed by atoms with Crippen LogP contribution >= 0.6 is 0 Å². The van der Waals surface area contributed by atoms with Crippen LogP contribution < -0.4 is 10.5 Å². The summed E-state index contributed by atoms with van der Waals surface area (Å²) < 4.78 is 6.05. The van der Waals surface area contributed by atoms with E-state index in [0.29, 0.717) is 22.5 Å². The van der Waals surface area contributed by atoms with Gasteiger partial charge in [0.25, 0.3) is 0 Å². The van der Waals surface area contributed by atoms with E-state index in [-0.39, 0.29) is 0 Å². The van der Waals surface area contributed by atoms with Crippen LogP contribution in [0, 0.1) is 0 Å². The molecule has 0 amide bonds. The third-order valence-corrected chi connectivity index (χ3v) is 5.93. The third kappa shape index (κ3) is 4.66. The minimum Gasteiger partial charge on any atom is -0.425 e. The Morgan fingerprint density at radius 1 is 0.818 bits per heavy atom. The summed E-state index contributed by atoms with van der Waals surface area (Å²) in [6, 6.07) is 26.2. The molecule has 0 unspecified atom stereocenters. The Labute approximate surface area is 192 Å². The second-order valence-corrected chi connectivity index (χ2v) is 8.11. The van der Waals surface area contributed by atoms with Gasteiger partial charge in [0.2, 0.25) is 0 Å². The van der Waals surface area contributed by atoms with E-state index in [2.05, 4.69) is 22.0 Å². The number of ether oxygens (including phenoxy) is 1. The Kier molecular flexibility index (Phi) is 5.91. The SMILES string of the molecule is O=c1c(Cc2ccc(-c3ccccc3)cc2)nc(-c2ccc(N3CCOCC3)cc2)cn1O. The minimum atomic E-state index is -0.504. The summed E-state index contributed by atoms with van der Waals surface area (Å²) in [4.78, 5) is 19.4. The molecule has 1 aromatic heterocycles. The van der Waals surface area contributed by atoms with E-state index in [1.54, 1.807) is 0 Å². The summed E-state index contributed by atoms with van der Waals surface area (Å²) in [6.07, 6.45) is 1.71. The van der Waals surface area contributed by atoms with Gasteiger partial charge in [0.05, 0.1) is 25.1 Å². The first kappa shape index (κ1) is 21.0. The molecule has 6 nitrogen and oxygen atoms in total. The summed E-state index contributed by atoms with van der Waals surface area (Å²) in [5.74, 6) is 0. The van der Waals surface area contributed by atoms with Crippen LogP contribution in [-0.4, -0.2) is 41.2 Å². The average Bonchev–Trinajstić information content (AvgIpc) is 2.88. The van der Waals surface area contributed by atoms with Gasteiger partial charge in [0, 0.05) is 30.8 Å². The van der Waals surface area contributed by atoms with Crippen molar-refractivity contribution in [3.63, 3.8) is 0 Å². The maximum absolute atomic E-state index is 12.5. The van der Waals surface area contributed by atoms with Crippen LogP contribution in [0.15, 0.2) is 89.9 Å². The molecule has 33 heavy (non-hydrogen) atoms. The van der Waals surface area contributed by atoms with E-state index in [1.807, 2.05) is 66.7 Å². The average molecular weight is 440 g/mol. The molecule has 5 rings (SSSR count). The van der Waals surface area contributed by atoms with Gasteiger partial charge in [-0.15, -0.1) is 0 Å². The highest BCUT2D eigenvalue weighted by Gasteiger charge is 2.13. The maximum Gasteiger partial charge on any atom is 0.304 e. The molecule has 2 heterocycles. The molecular weight excluding hydrogens is 414 g/mol. The van der Waals surface area contributed by atoms with Gasteiger partial charge in [-0.25, -0.2) is 4.98 Å². The highest BCUT2D eigenvalue weighted by molar-refractivity contribution is 5.64. The molecule has 0 saturated carbocycles. The molecule has 0 spiro atoms. The van der Waals surface area contributed by atoms with E-state index in [4.69, 9.17) is 4.74 Å². The van der Waals surface area contributed by atoms with Crippen LogP contribution in [0.5, 0.6) is 0 Å². The number of hydrogen-bond donors (Lipinski definition) is 1. The second-order valence-electron chi connectivity index (χ2n) is 8.11. The Balaban J connectivity index is 1.38. The lowest BCUT2D eigenvalue weighted by atomic mass is 10.0. The van der Waals surface area contributed by atoms with Crippen LogP contribution in [0.3, 0.4) is 0 Å². The Morgan fingerprint density at radius 3 is 2.15 bits per heavy atom. The van der Waals surface area contributed by atoms with Crippen molar-refractivity contribution in [2.45, 2.75) is 6.42 Å². The van der Waals surface area contributed by atoms with Crippen molar-refractivity contribution in [1.29, 1.82) is 0 Å². The van der Waals surface area contributed by atoms with Crippen molar-refractivity contribution in [3.8, 4) is 22.4 Å². The lowest BCUT2D eigenvalue weighted by Crippen LogP contribution is -2.36. The molecule has 0 bridgehead atoms.